The molecule has 2 heterocycles. The lowest BCUT2D eigenvalue weighted by molar-refractivity contribution is 0.0778. The molecule has 2 aliphatic rings. The van der Waals surface area contributed by atoms with Crippen LogP contribution in [-0.2, 0) is 0 Å². The van der Waals surface area contributed by atoms with E-state index < -0.39 is 0 Å². The molecule has 0 radical (unpaired) electrons. The molecule has 0 spiro atoms. The number of benzene rings is 1. The number of aliphatic imine (C=N–C) groups is 1. The average molecular weight is 284 g/mol. The summed E-state index contributed by atoms with van der Waals surface area (Å²) in [5, 5.41) is 0. The second-order valence-electron chi connectivity index (χ2n) is 6.03. The van der Waals surface area contributed by atoms with E-state index in [1.165, 1.54) is 0 Å². The topological polar surface area (TPSA) is 41.9 Å². The minimum Gasteiger partial charge on any atom is -0.491 e. The fraction of sp³-hybridized carbons (Fsp3) is 0.412. The van der Waals surface area contributed by atoms with Crippen molar-refractivity contribution >= 4 is 17.8 Å². The number of rotatable bonds is 2. The number of carbonyl (C=O) groups excluding carboxylic acids is 1. The zero-order valence-corrected chi connectivity index (χ0v) is 12.7. The van der Waals surface area contributed by atoms with Gasteiger partial charge in [-0.15, -0.1) is 0 Å². The van der Waals surface area contributed by atoms with Crippen molar-refractivity contribution in [3.05, 3.63) is 35.4 Å². The molecule has 110 valence electrons. The van der Waals surface area contributed by atoms with Gasteiger partial charge in [-0.25, -0.2) is 0 Å². The van der Waals surface area contributed by atoms with Crippen molar-refractivity contribution in [2.24, 2.45) is 4.99 Å². The minimum absolute atomic E-state index is 0.0327. The van der Waals surface area contributed by atoms with Crippen LogP contribution in [0.5, 0.6) is 5.75 Å². The van der Waals surface area contributed by atoms with Crippen LogP contribution in [0.1, 0.15) is 36.2 Å². The number of amides is 1. The Morgan fingerprint density at radius 1 is 1.43 bits per heavy atom. The summed E-state index contributed by atoms with van der Waals surface area (Å²) in [6.07, 6.45) is 2.76. The van der Waals surface area contributed by atoms with Crippen LogP contribution < -0.4 is 4.74 Å². The van der Waals surface area contributed by atoms with Crippen LogP contribution in [0.25, 0.3) is 0 Å². The SMILES string of the molecule is C=C1CC2C=Nc3cc(OC(C)C)c(C)cc3C(=O)N2C1. The number of aryl methyl sites for hydroxylation is 1. The van der Waals surface area contributed by atoms with E-state index >= 15 is 0 Å². The molecule has 0 aromatic heterocycles. The van der Waals surface area contributed by atoms with E-state index in [4.69, 9.17) is 4.74 Å². The van der Waals surface area contributed by atoms with Crippen LogP contribution in [0.15, 0.2) is 29.3 Å². The Bertz CT molecular complexity index is 646. The second kappa shape index (κ2) is 5.02. The van der Waals surface area contributed by atoms with Gasteiger partial charge in [0, 0.05) is 18.8 Å². The predicted octanol–water partition coefficient (Wildman–Crippen LogP) is 3.27. The Hall–Kier alpha value is -2.10. The van der Waals surface area contributed by atoms with E-state index in [9.17, 15) is 4.79 Å². The Balaban J connectivity index is 2.04. The predicted molar refractivity (Wildman–Crippen MR) is 83.7 cm³/mol. The van der Waals surface area contributed by atoms with E-state index in [1.54, 1.807) is 0 Å². The molecule has 0 aliphatic carbocycles. The molecule has 1 saturated heterocycles. The third kappa shape index (κ3) is 2.46. The molecule has 2 aliphatic heterocycles. The van der Waals surface area contributed by atoms with Gasteiger partial charge in [-0.3, -0.25) is 9.79 Å². The Morgan fingerprint density at radius 3 is 2.90 bits per heavy atom. The van der Waals surface area contributed by atoms with Crippen LogP contribution in [0, 0.1) is 6.92 Å². The van der Waals surface area contributed by atoms with Gasteiger partial charge in [0.05, 0.1) is 23.4 Å². The van der Waals surface area contributed by atoms with Gasteiger partial charge in [0.1, 0.15) is 5.75 Å². The maximum absolute atomic E-state index is 12.7. The van der Waals surface area contributed by atoms with E-state index in [0.29, 0.717) is 17.8 Å². The van der Waals surface area contributed by atoms with E-state index in [-0.39, 0.29) is 18.1 Å². The summed E-state index contributed by atoms with van der Waals surface area (Å²) in [6.45, 7) is 10.5. The van der Waals surface area contributed by atoms with Crippen molar-refractivity contribution in [2.45, 2.75) is 39.3 Å². The van der Waals surface area contributed by atoms with Gasteiger partial charge in [0.15, 0.2) is 0 Å². The summed E-state index contributed by atoms with van der Waals surface area (Å²) in [4.78, 5) is 19.1. The van der Waals surface area contributed by atoms with Gasteiger partial charge in [-0.1, -0.05) is 12.2 Å². The van der Waals surface area contributed by atoms with E-state index in [0.717, 1.165) is 23.3 Å². The van der Waals surface area contributed by atoms with Crippen LogP contribution in [0.2, 0.25) is 0 Å². The zero-order valence-electron chi connectivity index (χ0n) is 12.7. The van der Waals surface area contributed by atoms with Gasteiger partial charge in [-0.2, -0.15) is 0 Å². The van der Waals surface area contributed by atoms with Gasteiger partial charge >= 0.3 is 0 Å². The highest BCUT2D eigenvalue weighted by molar-refractivity contribution is 6.03. The van der Waals surface area contributed by atoms with Crippen LogP contribution in [0.3, 0.4) is 0 Å². The monoisotopic (exact) mass is 284 g/mol. The lowest BCUT2D eigenvalue weighted by atomic mass is 10.1. The molecule has 1 unspecified atom stereocenters. The summed E-state index contributed by atoms with van der Waals surface area (Å²) in [7, 11) is 0. The number of hydrogen-bond acceptors (Lipinski definition) is 3. The van der Waals surface area contributed by atoms with Crippen molar-refractivity contribution < 1.29 is 9.53 Å². The highest BCUT2D eigenvalue weighted by Gasteiger charge is 2.33. The minimum atomic E-state index is 0.0327. The smallest absolute Gasteiger partial charge is 0.256 e. The summed E-state index contributed by atoms with van der Waals surface area (Å²) >= 11 is 0. The number of nitrogens with zero attached hydrogens (tertiary/aromatic N) is 2. The Morgan fingerprint density at radius 2 is 2.19 bits per heavy atom. The van der Waals surface area contributed by atoms with Gasteiger partial charge < -0.3 is 9.64 Å². The molecular weight excluding hydrogens is 264 g/mol. The van der Waals surface area contributed by atoms with Crippen LogP contribution >= 0.6 is 0 Å². The molecule has 1 fully saturated rings. The molecule has 1 aromatic rings. The maximum atomic E-state index is 12.7. The molecule has 1 amide bonds. The molecular formula is C17H20N2O2. The fourth-order valence-corrected chi connectivity index (χ4v) is 2.84. The summed E-state index contributed by atoms with van der Waals surface area (Å²) in [6, 6.07) is 3.79. The second-order valence-corrected chi connectivity index (χ2v) is 6.03. The van der Waals surface area contributed by atoms with E-state index in [2.05, 4.69) is 11.6 Å². The molecule has 4 nitrogen and oxygen atoms in total. The first kappa shape index (κ1) is 13.9. The average Bonchev–Trinajstić information content (AvgIpc) is 2.74. The molecule has 0 bridgehead atoms. The standard InChI is InChI=1S/C17H20N2O2/c1-10(2)21-16-7-15-14(6-12(16)4)17(20)19-9-11(3)5-13(19)8-18-15/h6-8,10,13H,3,5,9H2,1-2,4H3. The van der Waals surface area contributed by atoms with Gasteiger partial charge in [0.25, 0.3) is 5.91 Å². The molecule has 0 saturated carbocycles. The number of fused-ring (bicyclic) bond motifs is 2. The van der Waals surface area contributed by atoms with Crippen molar-refractivity contribution in [3.8, 4) is 5.75 Å². The summed E-state index contributed by atoms with van der Waals surface area (Å²) in [5.41, 5.74) is 3.39. The number of carbonyl (C=O) groups is 1. The Labute approximate surface area is 125 Å². The highest BCUT2D eigenvalue weighted by atomic mass is 16.5. The third-order valence-corrected chi connectivity index (χ3v) is 3.82. The van der Waals surface area contributed by atoms with Crippen LogP contribution in [-0.4, -0.2) is 35.7 Å². The zero-order chi connectivity index (χ0) is 15.1. The number of ether oxygens (including phenoxy) is 1. The number of hydrogen-bond donors (Lipinski definition) is 0. The fourth-order valence-electron chi connectivity index (χ4n) is 2.84. The van der Waals surface area contributed by atoms with Crippen molar-refractivity contribution in [1.82, 2.24) is 4.90 Å². The maximum Gasteiger partial charge on any atom is 0.256 e. The highest BCUT2D eigenvalue weighted by Crippen LogP contribution is 2.34. The first-order valence-electron chi connectivity index (χ1n) is 7.29. The molecule has 3 rings (SSSR count). The largest absolute Gasteiger partial charge is 0.491 e. The van der Waals surface area contributed by atoms with Crippen molar-refractivity contribution in [3.63, 3.8) is 0 Å². The van der Waals surface area contributed by atoms with Crippen LogP contribution in [0.4, 0.5) is 5.69 Å². The third-order valence-electron chi connectivity index (χ3n) is 3.82. The molecule has 21 heavy (non-hydrogen) atoms. The first-order valence-corrected chi connectivity index (χ1v) is 7.29. The molecule has 0 N–H and O–H groups in total. The van der Waals surface area contributed by atoms with Gasteiger partial charge in [-0.05, 0) is 38.8 Å². The lowest BCUT2D eigenvalue weighted by Crippen LogP contribution is -2.35. The lowest BCUT2D eigenvalue weighted by Gasteiger charge is -2.20. The normalized spacial score (nSPS) is 20.6. The first-order chi connectivity index (χ1) is 9.95. The van der Waals surface area contributed by atoms with Crippen molar-refractivity contribution in [2.75, 3.05) is 6.54 Å². The molecule has 1 aromatic carbocycles. The Kier molecular flexibility index (Phi) is 3.32. The molecule has 4 heteroatoms. The quantitative estimate of drug-likeness (QED) is 0.782. The summed E-state index contributed by atoms with van der Waals surface area (Å²) in [5.74, 6) is 0.825. The van der Waals surface area contributed by atoms with Crippen molar-refractivity contribution in [1.29, 1.82) is 0 Å². The van der Waals surface area contributed by atoms with E-state index in [1.807, 2.05) is 44.0 Å². The summed E-state index contributed by atoms with van der Waals surface area (Å²) < 4.78 is 5.79. The molecule has 1 atom stereocenters. The van der Waals surface area contributed by atoms with Gasteiger partial charge in [0.2, 0.25) is 0 Å².